The molecular formula is C17H11F2O4-. The summed E-state index contributed by atoms with van der Waals surface area (Å²) in [5, 5.41) is 10.3. The van der Waals surface area contributed by atoms with Gasteiger partial charge in [0.25, 0.3) is 0 Å². The number of rotatable bonds is 6. The zero-order chi connectivity index (χ0) is 16.8. The normalized spacial score (nSPS) is 10.7. The van der Waals surface area contributed by atoms with E-state index in [1.54, 1.807) is 0 Å². The number of carbonyl (C=O) groups is 2. The fourth-order valence-electron chi connectivity index (χ4n) is 1.78. The number of hydrogen-bond donors (Lipinski definition) is 0. The molecule has 0 aromatic heterocycles. The van der Waals surface area contributed by atoms with E-state index in [1.807, 2.05) is 0 Å². The number of ether oxygens (including phenoxy) is 1. The van der Waals surface area contributed by atoms with Gasteiger partial charge in [-0.15, -0.1) is 0 Å². The van der Waals surface area contributed by atoms with Crippen LogP contribution in [0.4, 0.5) is 8.78 Å². The van der Waals surface area contributed by atoms with E-state index in [1.165, 1.54) is 30.3 Å². The van der Waals surface area contributed by atoms with E-state index in [2.05, 4.69) is 0 Å². The van der Waals surface area contributed by atoms with Gasteiger partial charge in [0.2, 0.25) is 0 Å². The smallest absolute Gasteiger partial charge is 0.185 e. The van der Waals surface area contributed by atoms with Gasteiger partial charge >= 0.3 is 0 Å². The van der Waals surface area contributed by atoms with Crippen LogP contribution in [-0.2, 0) is 4.79 Å². The molecule has 2 rings (SSSR count). The number of aliphatic carboxylic acids is 1. The number of ketones is 1. The Morgan fingerprint density at radius 2 is 1.65 bits per heavy atom. The van der Waals surface area contributed by atoms with E-state index in [0.717, 1.165) is 24.3 Å². The van der Waals surface area contributed by atoms with Crippen LogP contribution in [0.3, 0.4) is 0 Å². The summed E-state index contributed by atoms with van der Waals surface area (Å²) in [6, 6.07) is 9.06. The second-order valence-electron chi connectivity index (χ2n) is 4.52. The van der Waals surface area contributed by atoms with Crippen molar-refractivity contribution in [3.63, 3.8) is 0 Å². The van der Waals surface area contributed by atoms with E-state index in [0.29, 0.717) is 0 Å². The largest absolute Gasteiger partial charge is 0.546 e. The minimum atomic E-state index is -1.36. The van der Waals surface area contributed by atoms with Crippen molar-refractivity contribution in [3.05, 3.63) is 71.3 Å². The molecule has 0 spiro atoms. The molecular weight excluding hydrogens is 306 g/mol. The van der Waals surface area contributed by atoms with Crippen LogP contribution in [0.2, 0.25) is 0 Å². The van der Waals surface area contributed by atoms with Crippen molar-refractivity contribution in [2.45, 2.75) is 0 Å². The summed E-state index contributed by atoms with van der Waals surface area (Å²) in [4.78, 5) is 22.2. The molecule has 118 valence electrons. The first kappa shape index (κ1) is 16.4. The lowest BCUT2D eigenvalue weighted by Gasteiger charge is -2.06. The Morgan fingerprint density at radius 3 is 2.22 bits per heavy atom. The van der Waals surface area contributed by atoms with E-state index in [9.17, 15) is 23.5 Å². The highest BCUT2D eigenvalue weighted by Crippen LogP contribution is 2.16. The fraction of sp³-hybridized carbons (Fsp3) is 0.0588. The van der Waals surface area contributed by atoms with Gasteiger partial charge in [0, 0.05) is 11.1 Å². The first-order chi connectivity index (χ1) is 11.0. The molecule has 0 fully saturated rings. The van der Waals surface area contributed by atoms with Gasteiger partial charge in [-0.2, -0.15) is 0 Å². The lowest BCUT2D eigenvalue weighted by atomic mass is 10.1. The average molecular weight is 317 g/mol. The van der Waals surface area contributed by atoms with Crippen LogP contribution in [0, 0.1) is 11.6 Å². The third-order valence-corrected chi connectivity index (χ3v) is 2.90. The quantitative estimate of drug-likeness (QED) is 0.604. The summed E-state index contributed by atoms with van der Waals surface area (Å²) in [5.74, 6) is -3.09. The number of halogens is 2. The molecule has 23 heavy (non-hydrogen) atoms. The van der Waals surface area contributed by atoms with Gasteiger partial charge in [-0.25, -0.2) is 8.78 Å². The number of carboxylic acids is 1. The topological polar surface area (TPSA) is 66.4 Å². The van der Waals surface area contributed by atoms with Crippen LogP contribution in [0.15, 0.2) is 48.5 Å². The lowest BCUT2D eigenvalue weighted by Crippen LogP contribution is -2.28. The van der Waals surface area contributed by atoms with Gasteiger partial charge in [-0.1, -0.05) is 6.07 Å². The van der Waals surface area contributed by atoms with E-state index in [4.69, 9.17) is 4.74 Å². The molecule has 0 saturated heterocycles. The molecule has 0 aliphatic heterocycles. The van der Waals surface area contributed by atoms with Crippen LogP contribution < -0.4 is 9.84 Å². The van der Waals surface area contributed by atoms with E-state index < -0.39 is 30.0 Å². The third-order valence-electron chi connectivity index (χ3n) is 2.90. The zero-order valence-corrected chi connectivity index (χ0v) is 11.8. The molecule has 0 amide bonds. The van der Waals surface area contributed by atoms with Gasteiger partial charge in [-0.3, -0.25) is 4.79 Å². The number of benzene rings is 2. The Morgan fingerprint density at radius 1 is 1.04 bits per heavy atom. The molecule has 0 atom stereocenters. The Bertz CT molecular complexity index is 731. The van der Waals surface area contributed by atoms with Crippen LogP contribution >= 0.6 is 0 Å². The van der Waals surface area contributed by atoms with E-state index in [-0.39, 0.29) is 16.9 Å². The maximum absolute atomic E-state index is 13.4. The molecule has 2 aromatic carbocycles. The first-order valence-corrected chi connectivity index (χ1v) is 6.56. The predicted molar refractivity (Wildman–Crippen MR) is 76.7 cm³/mol. The average Bonchev–Trinajstić information content (AvgIpc) is 2.52. The van der Waals surface area contributed by atoms with Crippen LogP contribution in [0.25, 0.3) is 6.08 Å². The Labute approximate surface area is 130 Å². The minimum Gasteiger partial charge on any atom is -0.546 e. The van der Waals surface area contributed by atoms with Crippen molar-refractivity contribution in [1.29, 1.82) is 0 Å². The summed E-state index contributed by atoms with van der Waals surface area (Å²) in [6.07, 6.45) is 2.12. The number of carbonyl (C=O) groups excluding carboxylic acids is 2. The summed E-state index contributed by atoms with van der Waals surface area (Å²) >= 11 is 0. The Hall–Kier alpha value is -3.02. The monoisotopic (exact) mass is 317 g/mol. The number of allylic oxidation sites excluding steroid dienone is 1. The molecule has 0 unspecified atom stereocenters. The van der Waals surface area contributed by atoms with Crippen LogP contribution in [0.5, 0.6) is 5.75 Å². The molecule has 0 heterocycles. The number of carboxylic acid groups (broad SMARTS) is 1. The van der Waals surface area contributed by atoms with Crippen molar-refractivity contribution < 1.29 is 28.2 Å². The van der Waals surface area contributed by atoms with Crippen molar-refractivity contribution >= 4 is 17.8 Å². The highest BCUT2D eigenvalue weighted by molar-refractivity contribution is 6.06. The highest BCUT2D eigenvalue weighted by Gasteiger charge is 2.07. The van der Waals surface area contributed by atoms with Gasteiger partial charge < -0.3 is 14.6 Å². The summed E-state index contributed by atoms with van der Waals surface area (Å²) in [5.41, 5.74) is -0.0337. The molecule has 4 nitrogen and oxygen atoms in total. The molecule has 0 N–H and O–H groups in total. The fourth-order valence-corrected chi connectivity index (χ4v) is 1.78. The maximum Gasteiger partial charge on any atom is 0.185 e. The van der Waals surface area contributed by atoms with Gasteiger partial charge in [0.1, 0.15) is 24.0 Å². The van der Waals surface area contributed by atoms with Crippen LogP contribution in [0.1, 0.15) is 15.9 Å². The SMILES string of the molecule is O=C([O-])COc1ccc(C(=O)/C=C/c2c(F)cccc2F)cc1. The Balaban J connectivity index is 2.09. The third kappa shape index (κ3) is 4.47. The predicted octanol–water partition coefficient (Wildman–Crippen LogP) is 1.99. The second-order valence-corrected chi connectivity index (χ2v) is 4.52. The molecule has 0 bridgehead atoms. The molecule has 2 aromatic rings. The maximum atomic E-state index is 13.4. The molecule has 0 saturated carbocycles. The van der Waals surface area contributed by atoms with Crippen molar-refractivity contribution in [2.24, 2.45) is 0 Å². The van der Waals surface area contributed by atoms with Crippen molar-refractivity contribution in [1.82, 2.24) is 0 Å². The standard InChI is InChI=1S/C17H12F2O4/c18-14-2-1-3-15(19)13(14)8-9-16(20)11-4-6-12(7-5-11)23-10-17(21)22/h1-9H,10H2,(H,21,22)/p-1/b9-8+. The van der Waals surface area contributed by atoms with Crippen molar-refractivity contribution in [3.8, 4) is 5.75 Å². The lowest BCUT2D eigenvalue weighted by molar-refractivity contribution is -0.307. The second kappa shape index (κ2) is 7.31. The summed E-state index contributed by atoms with van der Waals surface area (Å²) < 4.78 is 31.7. The molecule has 0 aliphatic carbocycles. The van der Waals surface area contributed by atoms with Gasteiger partial charge in [0.15, 0.2) is 5.78 Å². The highest BCUT2D eigenvalue weighted by atomic mass is 19.1. The molecule has 6 heteroatoms. The van der Waals surface area contributed by atoms with E-state index >= 15 is 0 Å². The molecule has 0 aliphatic rings. The summed E-state index contributed by atoms with van der Waals surface area (Å²) in [6.45, 7) is -0.597. The molecule has 0 radical (unpaired) electrons. The van der Waals surface area contributed by atoms with Gasteiger partial charge in [-0.05, 0) is 48.6 Å². The Kier molecular flexibility index (Phi) is 5.19. The number of hydrogen-bond acceptors (Lipinski definition) is 4. The summed E-state index contributed by atoms with van der Waals surface area (Å²) in [7, 11) is 0. The van der Waals surface area contributed by atoms with Crippen LogP contribution in [-0.4, -0.2) is 18.4 Å². The van der Waals surface area contributed by atoms with Crippen molar-refractivity contribution in [2.75, 3.05) is 6.61 Å². The minimum absolute atomic E-state index is 0.259. The first-order valence-electron chi connectivity index (χ1n) is 6.56. The van der Waals surface area contributed by atoms with Gasteiger partial charge in [0.05, 0.1) is 5.97 Å². The zero-order valence-electron chi connectivity index (χ0n) is 11.8.